The van der Waals surface area contributed by atoms with E-state index in [1.54, 1.807) is 0 Å². The smallest absolute Gasteiger partial charge is 0.253 e. The van der Waals surface area contributed by atoms with Gasteiger partial charge in [0.1, 0.15) is 0 Å². The minimum absolute atomic E-state index is 0.0382. The van der Waals surface area contributed by atoms with Gasteiger partial charge < -0.3 is 10.3 Å². The molecule has 0 radical (unpaired) electrons. The summed E-state index contributed by atoms with van der Waals surface area (Å²) in [6.07, 6.45) is 7.01. The number of carbonyl (C=O) groups is 1. The van der Waals surface area contributed by atoms with Crippen LogP contribution >= 0.6 is 0 Å². The lowest BCUT2D eigenvalue weighted by Crippen LogP contribution is -2.31. The van der Waals surface area contributed by atoms with Gasteiger partial charge >= 0.3 is 0 Å². The minimum Gasteiger partial charge on any atom is -0.361 e. The number of benzene rings is 1. The first kappa shape index (κ1) is 13.2. The Morgan fingerprint density at radius 2 is 2.25 bits per heavy atom. The van der Waals surface area contributed by atoms with Crippen LogP contribution in [0.1, 0.15) is 43.0 Å². The van der Waals surface area contributed by atoms with E-state index in [4.69, 9.17) is 0 Å². The SMILES string of the molecule is CC1CCCC(CNC(=O)c2cccc3cc[nH]c23)C1. The third-order valence-corrected chi connectivity index (χ3v) is 4.43. The number of hydrogen-bond acceptors (Lipinski definition) is 1. The second-order valence-corrected chi connectivity index (χ2v) is 6.10. The van der Waals surface area contributed by atoms with Crippen molar-refractivity contribution in [2.24, 2.45) is 11.8 Å². The third kappa shape index (κ3) is 2.72. The number of hydrogen-bond donors (Lipinski definition) is 2. The maximum atomic E-state index is 12.3. The lowest BCUT2D eigenvalue weighted by atomic mass is 9.82. The lowest BCUT2D eigenvalue weighted by molar-refractivity contribution is 0.0942. The number of H-pyrrole nitrogens is 1. The summed E-state index contributed by atoms with van der Waals surface area (Å²) in [7, 11) is 0. The molecular formula is C17H22N2O. The molecule has 1 aliphatic carbocycles. The monoisotopic (exact) mass is 270 g/mol. The van der Waals surface area contributed by atoms with E-state index in [1.165, 1.54) is 25.7 Å². The lowest BCUT2D eigenvalue weighted by Gasteiger charge is -2.26. The standard InChI is InChI=1S/C17H22N2O/c1-12-4-2-5-13(10-12)11-19-17(20)15-7-3-6-14-8-9-18-16(14)15/h3,6-9,12-13,18H,2,4-5,10-11H2,1H3,(H,19,20). The van der Waals surface area contributed by atoms with E-state index in [0.29, 0.717) is 5.92 Å². The van der Waals surface area contributed by atoms with Crippen LogP contribution in [0.4, 0.5) is 0 Å². The minimum atomic E-state index is 0.0382. The molecule has 106 valence electrons. The molecule has 1 saturated carbocycles. The van der Waals surface area contributed by atoms with E-state index in [9.17, 15) is 4.79 Å². The summed E-state index contributed by atoms with van der Waals surface area (Å²) in [6, 6.07) is 7.84. The summed E-state index contributed by atoms with van der Waals surface area (Å²) >= 11 is 0. The Labute approximate surface area is 119 Å². The Kier molecular flexibility index (Phi) is 3.77. The summed E-state index contributed by atoms with van der Waals surface area (Å²) in [5.74, 6) is 1.49. The van der Waals surface area contributed by atoms with Crippen LogP contribution in [-0.2, 0) is 0 Å². The largest absolute Gasteiger partial charge is 0.361 e. The van der Waals surface area contributed by atoms with Gasteiger partial charge in [0, 0.05) is 18.1 Å². The van der Waals surface area contributed by atoms with Gasteiger partial charge in [0.2, 0.25) is 0 Å². The number of nitrogens with one attached hydrogen (secondary N) is 2. The molecule has 1 amide bonds. The molecule has 3 heteroatoms. The zero-order valence-electron chi connectivity index (χ0n) is 12.0. The molecule has 1 aromatic carbocycles. The highest BCUT2D eigenvalue weighted by Gasteiger charge is 2.20. The zero-order valence-corrected chi connectivity index (χ0v) is 12.0. The number of para-hydroxylation sites is 1. The third-order valence-electron chi connectivity index (χ3n) is 4.43. The van der Waals surface area contributed by atoms with Gasteiger partial charge in [0.15, 0.2) is 0 Å². The van der Waals surface area contributed by atoms with Crippen LogP contribution in [0.5, 0.6) is 0 Å². The van der Waals surface area contributed by atoms with Crippen molar-refractivity contribution in [2.75, 3.05) is 6.54 Å². The van der Waals surface area contributed by atoms with Crippen molar-refractivity contribution in [1.82, 2.24) is 10.3 Å². The first-order valence-electron chi connectivity index (χ1n) is 7.58. The Morgan fingerprint density at radius 3 is 3.10 bits per heavy atom. The second kappa shape index (κ2) is 5.70. The van der Waals surface area contributed by atoms with Crippen LogP contribution in [0.25, 0.3) is 10.9 Å². The molecule has 0 aliphatic heterocycles. The van der Waals surface area contributed by atoms with Gasteiger partial charge in [0.25, 0.3) is 5.91 Å². The highest BCUT2D eigenvalue weighted by atomic mass is 16.1. The average molecular weight is 270 g/mol. The molecule has 0 bridgehead atoms. The van der Waals surface area contributed by atoms with Gasteiger partial charge in [0.05, 0.1) is 11.1 Å². The van der Waals surface area contributed by atoms with Crippen LogP contribution < -0.4 is 5.32 Å². The van der Waals surface area contributed by atoms with Gasteiger partial charge in [-0.05, 0) is 36.8 Å². The van der Waals surface area contributed by atoms with Crippen molar-refractivity contribution in [3.8, 4) is 0 Å². The zero-order chi connectivity index (χ0) is 13.9. The number of rotatable bonds is 3. The number of aromatic amines is 1. The fourth-order valence-electron chi connectivity index (χ4n) is 3.35. The van der Waals surface area contributed by atoms with Gasteiger partial charge in [-0.25, -0.2) is 0 Å². The van der Waals surface area contributed by atoms with E-state index >= 15 is 0 Å². The molecule has 1 aliphatic rings. The molecule has 2 aromatic rings. The second-order valence-electron chi connectivity index (χ2n) is 6.10. The summed E-state index contributed by atoms with van der Waals surface area (Å²) in [5.41, 5.74) is 1.68. The number of fused-ring (bicyclic) bond motifs is 1. The first-order valence-corrected chi connectivity index (χ1v) is 7.58. The van der Waals surface area contributed by atoms with Gasteiger partial charge in [-0.2, -0.15) is 0 Å². The van der Waals surface area contributed by atoms with Crippen molar-refractivity contribution in [3.05, 3.63) is 36.0 Å². The first-order chi connectivity index (χ1) is 9.74. The van der Waals surface area contributed by atoms with E-state index in [-0.39, 0.29) is 5.91 Å². The van der Waals surface area contributed by atoms with Gasteiger partial charge in [-0.15, -0.1) is 0 Å². The normalized spacial score (nSPS) is 22.9. The Bertz CT molecular complexity index is 602. The number of carbonyl (C=O) groups excluding carboxylic acids is 1. The Hall–Kier alpha value is -1.77. The highest BCUT2D eigenvalue weighted by Crippen LogP contribution is 2.28. The molecule has 2 atom stereocenters. The highest BCUT2D eigenvalue weighted by molar-refractivity contribution is 6.05. The van der Waals surface area contributed by atoms with Crippen LogP contribution in [0.3, 0.4) is 0 Å². The maximum absolute atomic E-state index is 12.3. The molecular weight excluding hydrogens is 248 g/mol. The predicted molar refractivity (Wildman–Crippen MR) is 81.8 cm³/mol. The van der Waals surface area contributed by atoms with Gasteiger partial charge in [-0.3, -0.25) is 4.79 Å². The molecule has 20 heavy (non-hydrogen) atoms. The number of aromatic nitrogens is 1. The molecule has 1 fully saturated rings. The molecule has 3 nitrogen and oxygen atoms in total. The maximum Gasteiger partial charge on any atom is 0.253 e. The van der Waals surface area contributed by atoms with Crippen LogP contribution in [0, 0.1) is 11.8 Å². The van der Waals surface area contributed by atoms with Crippen molar-refractivity contribution in [3.63, 3.8) is 0 Å². The van der Waals surface area contributed by atoms with Crippen LogP contribution in [0.2, 0.25) is 0 Å². The molecule has 1 aromatic heterocycles. The van der Waals surface area contributed by atoms with E-state index in [0.717, 1.165) is 28.9 Å². The molecule has 0 spiro atoms. The quantitative estimate of drug-likeness (QED) is 0.877. The number of amides is 1. The summed E-state index contributed by atoms with van der Waals surface area (Å²) < 4.78 is 0. The van der Waals surface area contributed by atoms with Crippen molar-refractivity contribution < 1.29 is 4.79 Å². The summed E-state index contributed by atoms with van der Waals surface area (Å²) in [4.78, 5) is 15.5. The Morgan fingerprint density at radius 1 is 1.35 bits per heavy atom. The molecule has 2 N–H and O–H groups in total. The van der Waals surface area contributed by atoms with E-state index in [2.05, 4.69) is 17.2 Å². The van der Waals surface area contributed by atoms with Crippen molar-refractivity contribution in [2.45, 2.75) is 32.6 Å². The predicted octanol–water partition coefficient (Wildman–Crippen LogP) is 3.72. The molecule has 3 rings (SSSR count). The summed E-state index contributed by atoms with van der Waals surface area (Å²) in [6.45, 7) is 3.12. The fraction of sp³-hybridized carbons (Fsp3) is 0.471. The summed E-state index contributed by atoms with van der Waals surface area (Å²) in [5, 5.41) is 4.20. The fourth-order valence-corrected chi connectivity index (χ4v) is 3.35. The van der Waals surface area contributed by atoms with E-state index in [1.807, 2.05) is 30.5 Å². The van der Waals surface area contributed by atoms with Gasteiger partial charge in [-0.1, -0.05) is 31.9 Å². The average Bonchev–Trinajstić information content (AvgIpc) is 2.93. The molecule has 0 saturated heterocycles. The molecule has 1 heterocycles. The topological polar surface area (TPSA) is 44.9 Å². The van der Waals surface area contributed by atoms with E-state index < -0.39 is 0 Å². The molecule has 2 unspecified atom stereocenters. The Balaban J connectivity index is 1.66. The van der Waals surface area contributed by atoms with Crippen molar-refractivity contribution in [1.29, 1.82) is 0 Å². The van der Waals surface area contributed by atoms with Crippen LogP contribution in [-0.4, -0.2) is 17.4 Å². The van der Waals surface area contributed by atoms with Crippen LogP contribution in [0.15, 0.2) is 30.5 Å². The van der Waals surface area contributed by atoms with Crippen molar-refractivity contribution >= 4 is 16.8 Å².